The zero-order valence-electron chi connectivity index (χ0n) is 13.3. The van der Waals surface area contributed by atoms with E-state index in [1.165, 1.54) is 0 Å². The maximum atomic E-state index is 12.0. The molecule has 0 radical (unpaired) electrons. The maximum absolute atomic E-state index is 12.0. The van der Waals surface area contributed by atoms with Crippen LogP contribution in [0.15, 0.2) is 48.5 Å². The minimum Gasteiger partial charge on any atom is -0.486 e. The fraction of sp³-hybridized carbons (Fsp3) is 0.222. The molecule has 0 spiro atoms. The van der Waals surface area contributed by atoms with Crippen molar-refractivity contribution in [1.82, 2.24) is 10.6 Å². The molecule has 0 saturated carbocycles. The minimum absolute atomic E-state index is 0.145. The van der Waals surface area contributed by atoms with E-state index in [4.69, 9.17) is 21.1 Å². The van der Waals surface area contributed by atoms with E-state index in [0.29, 0.717) is 28.7 Å². The number of hydrogen-bond donors (Lipinski definition) is 2. The van der Waals surface area contributed by atoms with Crippen molar-refractivity contribution in [1.29, 1.82) is 0 Å². The van der Waals surface area contributed by atoms with Gasteiger partial charge in [0.2, 0.25) is 5.91 Å². The van der Waals surface area contributed by atoms with Gasteiger partial charge >= 0.3 is 0 Å². The molecule has 0 unspecified atom stereocenters. The Kier molecular flexibility index (Phi) is 5.40. The van der Waals surface area contributed by atoms with Crippen molar-refractivity contribution in [3.63, 3.8) is 0 Å². The van der Waals surface area contributed by atoms with Gasteiger partial charge in [-0.1, -0.05) is 35.9 Å². The number of carbonyl (C=O) groups excluding carboxylic acids is 2. The molecule has 0 fully saturated rings. The number of benzene rings is 2. The molecule has 0 bridgehead atoms. The summed E-state index contributed by atoms with van der Waals surface area (Å²) in [5, 5.41) is 5.59. The number of rotatable bonds is 5. The third-order valence-electron chi connectivity index (χ3n) is 3.62. The molecule has 3 rings (SSSR count). The van der Waals surface area contributed by atoms with Gasteiger partial charge in [0, 0.05) is 0 Å². The standard InChI is InChI=1S/C18H17ClN2O4/c19-14-6-2-1-5-13(14)18(23)21-10-17(22)20-9-12-11-24-15-7-3-4-8-16(15)25-12/h1-8,12H,9-11H2,(H,20,22)(H,21,23)/t12-/m1/s1. The molecule has 0 aromatic heterocycles. The average molecular weight is 361 g/mol. The molecule has 130 valence electrons. The quantitative estimate of drug-likeness (QED) is 0.855. The molecular weight excluding hydrogens is 344 g/mol. The number of fused-ring (bicyclic) bond motifs is 1. The molecule has 6 nitrogen and oxygen atoms in total. The summed E-state index contributed by atoms with van der Waals surface area (Å²) in [5.74, 6) is 0.631. The van der Waals surface area contributed by atoms with Crippen LogP contribution in [-0.4, -0.2) is 37.6 Å². The van der Waals surface area contributed by atoms with E-state index in [-0.39, 0.29) is 25.1 Å². The molecule has 2 aromatic carbocycles. The highest BCUT2D eigenvalue weighted by atomic mass is 35.5. The predicted molar refractivity (Wildman–Crippen MR) is 93.1 cm³/mol. The second kappa shape index (κ2) is 7.90. The second-order valence-corrected chi connectivity index (χ2v) is 5.87. The van der Waals surface area contributed by atoms with Gasteiger partial charge in [-0.05, 0) is 24.3 Å². The van der Waals surface area contributed by atoms with E-state index in [9.17, 15) is 9.59 Å². The number of nitrogens with one attached hydrogen (secondary N) is 2. The van der Waals surface area contributed by atoms with Gasteiger partial charge in [-0.15, -0.1) is 0 Å². The highest BCUT2D eigenvalue weighted by molar-refractivity contribution is 6.33. The third-order valence-corrected chi connectivity index (χ3v) is 3.95. The van der Waals surface area contributed by atoms with E-state index in [1.807, 2.05) is 24.3 Å². The Bertz CT molecular complexity index is 781. The van der Waals surface area contributed by atoms with Gasteiger partial charge in [0.15, 0.2) is 11.5 Å². The SMILES string of the molecule is O=C(CNC(=O)c1ccccc1Cl)NC[C@@H]1COc2ccccc2O1. The van der Waals surface area contributed by atoms with Gasteiger partial charge in [0.05, 0.1) is 23.7 Å². The molecule has 1 heterocycles. The minimum atomic E-state index is -0.396. The van der Waals surface area contributed by atoms with E-state index in [2.05, 4.69) is 10.6 Å². The first kappa shape index (κ1) is 17.1. The second-order valence-electron chi connectivity index (χ2n) is 5.46. The lowest BCUT2D eigenvalue weighted by molar-refractivity contribution is -0.120. The van der Waals surface area contributed by atoms with Crippen molar-refractivity contribution in [3.8, 4) is 11.5 Å². The summed E-state index contributed by atoms with van der Waals surface area (Å²) in [4.78, 5) is 23.9. The highest BCUT2D eigenvalue weighted by Crippen LogP contribution is 2.30. The molecule has 1 atom stereocenters. The Morgan fingerprint density at radius 1 is 1.04 bits per heavy atom. The summed E-state index contributed by atoms with van der Waals surface area (Å²) in [7, 11) is 0. The Balaban J connectivity index is 1.43. The average Bonchev–Trinajstić information content (AvgIpc) is 2.64. The van der Waals surface area contributed by atoms with Crippen molar-refractivity contribution >= 4 is 23.4 Å². The first-order valence-corrected chi connectivity index (χ1v) is 8.19. The lowest BCUT2D eigenvalue weighted by atomic mass is 10.2. The molecule has 0 aliphatic carbocycles. The summed E-state index contributed by atoms with van der Waals surface area (Å²) >= 11 is 5.95. The molecule has 1 aliphatic rings. The fourth-order valence-electron chi connectivity index (χ4n) is 2.35. The number of hydrogen-bond acceptors (Lipinski definition) is 4. The molecule has 2 N–H and O–H groups in total. The Hall–Kier alpha value is -2.73. The Labute approximate surface area is 150 Å². The molecule has 0 saturated heterocycles. The first-order chi connectivity index (χ1) is 12.1. The molecule has 2 aromatic rings. The van der Waals surface area contributed by atoms with Crippen molar-refractivity contribution in [2.75, 3.05) is 19.7 Å². The van der Waals surface area contributed by atoms with Gasteiger partial charge in [0.1, 0.15) is 12.7 Å². The fourth-order valence-corrected chi connectivity index (χ4v) is 2.58. The Morgan fingerprint density at radius 3 is 2.56 bits per heavy atom. The van der Waals surface area contributed by atoms with Crippen molar-refractivity contribution in [3.05, 3.63) is 59.1 Å². The maximum Gasteiger partial charge on any atom is 0.253 e. The van der Waals surface area contributed by atoms with Crippen molar-refractivity contribution in [2.24, 2.45) is 0 Å². The number of halogens is 1. The van der Waals surface area contributed by atoms with Crippen LogP contribution in [0.5, 0.6) is 11.5 Å². The summed E-state index contributed by atoms with van der Waals surface area (Å²) in [6, 6.07) is 14.0. The number of para-hydroxylation sites is 2. The topological polar surface area (TPSA) is 76.7 Å². The summed E-state index contributed by atoms with van der Waals surface area (Å²) in [6.07, 6.45) is -0.280. The molecular formula is C18H17ClN2O4. The summed E-state index contributed by atoms with van der Waals surface area (Å²) in [6.45, 7) is 0.493. The van der Waals surface area contributed by atoms with Crippen LogP contribution in [0.2, 0.25) is 5.02 Å². The first-order valence-electron chi connectivity index (χ1n) is 7.81. The van der Waals surface area contributed by atoms with Crippen molar-refractivity contribution < 1.29 is 19.1 Å². The Morgan fingerprint density at radius 2 is 1.76 bits per heavy atom. The largest absolute Gasteiger partial charge is 0.486 e. The number of amides is 2. The number of ether oxygens (including phenoxy) is 2. The summed E-state index contributed by atoms with van der Waals surface area (Å²) < 4.78 is 11.3. The van der Waals surface area contributed by atoms with Crippen LogP contribution in [0.4, 0.5) is 0 Å². The van der Waals surface area contributed by atoms with Crippen LogP contribution >= 0.6 is 11.6 Å². The van der Waals surface area contributed by atoms with Crippen LogP contribution in [0, 0.1) is 0 Å². The normalized spacial score (nSPS) is 15.3. The smallest absolute Gasteiger partial charge is 0.253 e. The van der Waals surface area contributed by atoms with E-state index >= 15 is 0 Å². The van der Waals surface area contributed by atoms with Gasteiger partial charge in [-0.2, -0.15) is 0 Å². The van der Waals surface area contributed by atoms with Gasteiger partial charge < -0.3 is 20.1 Å². The summed E-state index contributed by atoms with van der Waals surface area (Å²) in [5.41, 5.74) is 0.331. The van der Waals surface area contributed by atoms with E-state index in [0.717, 1.165) is 0 Å². The van der Waals surface area contributed by atoms with Gasteiger partial charge in [-0.3, -0.25) is 9.59 Å². The zero-order chi connectivity index (χ0) is 17.6. The van der Waals surface area contributed by atoms with E-state index < -0.39 is 5.91 Å². The molecule has 1 aliphatic heterocycles. The van der Waals surface area contributed by atoms with Crippen LogP contribution in [0.3, 0.4) is 0 Å². The van der Waals surface area contributed by atoms with Crippen LogP contribution in [-0.2, 0) is 4.79 Å². The van der Waals surface area contributed by atoms with E-state index in [1.54, 1.807) is 24.3 Å². The lowest BCUT2D eigenvalue weighted by Crippen LogP contribution is -2.44. The van der Waals surface area contributed by atoms with Gasteiger partial charge in [-0.25, -0.2) is 0 Å². The molecule has 25 heavy (non-hydrogen) atoms. The van der Waals surface area contributed by atoms with Crippen molar-refractivity contribution in [2.45, 2.75) is 6.10 Å². The third kappa shape index (κ3) is 4.42. The monoisotopic (exact) mass is 360 g/mol. The van der Waals surface area contributed by atoms with Crippen LogP contribution in [0.1, 0.15) is 10.4 Å². The molecule has 7 heteroatoms. The zero-order valence-corrected chi connectivity index (χ0v) is 14.1. The van der Waals surface area contributed by atoms with Gasteiger partial charge in [0.25, 0.3) is 5.91 Å². The highest BCUT2D eigenvalue weighted by Gasteiger charge is 2.21. The van der Waals surface area contributed by atoms with Crippen LogP contribution < -0.4 is 20.1 Å². The number of carbonyl (C=O) groups is 2. The lowest BCUT2D eigenvalue weighted by Gasteiger charge is -2.26. The van der Waals surface area contributed by atoms with Crippen LogP contribution in [0.25, 0.3) is 0 Å². The molecule has 2 amide bonds. The predicted octanol–water partition coefficient (Wildman–Crippen LogP) is 2.03.